The molecule has 0 N–H and O–H groups in total. The van der Waals surface area contributed by atoms with E-state index in [-0.39, 0.29) is 5.97 Å². The molecule has 32 heavy (non-hydrogen) atoms. The molecule has 0 fully saturated rings. The maximum Gasteiger partial charge on any atom is 0.341 e. The molecule has 0 bridgehead atoms. The summed E-state index contributed by atoms with van der Waals surface area (Å²) in [6.45, 7) is 6.41. The second-order valence-electron chi connectivity index (χ2n) is 7.36. The third kappa shape index (κ3) is 4.45. The zero-order valence-corrected chi connectivity index (χ0v) is 19.0. The number of carbonyl (C=O) groups excluding carboxylic acids is 1. The van der Waals surface area contributed by atoms with E-state index in [4.69, 9.17) is 9.15 Å². The summed E-state index contributed by atoms with van der Waals surface area (Å²) in [7, 11) is 0. The van der Waals surface area contributed by atoms with Crippen LogP contribution in [0.2, 0.25) is 0 Å². The predicted molar refractivity (Wildman–Crippen MR) is 123 cm³/mol. The van der Waals surface area contributed by atoms with Gasteiger partial charge in [-0.15, -0.1) is 10.2 Å². The molecule has 4 rings (SSSR count). The summed E-state index contributed by atoms with van der Waals surface area (Å²) >= 11 is 1.45. The lowest BCUT2D eigenvalue weighted by Crippen LogP contribution is -2.06. The first-order chi connectivity index (χ1) is 15.6. The van der Waals surface area contributed by atoms with Crippen LogP contribution in [0.25, 0.3) is 17.1 Å². The Kier molecular flexibility index (Phi) is 6.70. The highest BCUT2D eigenvalue weighted by Crippen LogP contribution is 2.33. The van der Waals surface area contributed by atoms with E-state index in [1.54, 1.807) is 25.4 Å². The Morgan fingerprint density at radius 2 is 2.00 bits per heavy atom. The number of aromatic nitrogens is 4. The summed E-state index contributed by atoms with van der Waals surface area (Å²) in [4.78, 5) is 16.4. The fraction of sp³-hybridized carbons (Fsp3) is 0.250. The van der Waals surface area contributed by atoms with Crippen LogP contribution in [0.4, 0.5) is 0 Å². The minimum absolute atomic E-state index is 0.311. The summed E-state index contributed by atoms with van der Waals surface area (Å²) in [5.41, 5.74) is 3.50. The molecule has 0 saturated heterocycles. The number of furan rings is 1. The molecule has 3 aromatic heterocycles. The number of thioether (sulfide) groups is 1. The number of nitrogens with zero attached hydrogens (tertiary/aromatic N) is 4. The molecule has 8 heteroatoms. The van der Waals surface area contributed by atoms with Crippen LogP contribution < -0.4 is 0 Å². The summed E-state index contributed by atoms with van der Waals surface area (Å²) in [5.74, 6) is 1.59. The molecule has 0 saturated carbocycles. The number of hydrogen-bond acceptors (Lipinski definition) is 7. The topological polar surface area (TPSA) is 83.0 Å². The molecular weight excluding hydrogens is 424 g/mol. The van der Waals surface area contributed by atoms with Crippen LogP contribution in [0.1, 0.15) is 48.4 Å². The van der Waals surface area contributed by atoms with Crippen molar-refractivity contribution >= 4 is 17.7 Å². The Bertz CT molecular complexity index is 1200. The second-order valence-corrected chi connectivity index (χ2v) is 8.31. The zero-order valence-electron chi connectivity index (χ0n) is 18.2. The van der Waals surface area contributed by atoms with E-state index in [9.17, 15) is 4.79 Å². The molecule has 0 atom stereocenters. The van der Waals surface area contributed by atoms with Crippen LogP contribution in [-0.4, -0.2) is 32.3 Å². The van der Waals surface area contributed by atoms with Gasteiger partial charge in [-0.2, -0.15) is 0 Å². The first kappa shape index (κ1) is 21.8. The van der Waals surface area contributed by atoms with Crippen LogP contribution in [0.5, 0.6) is 0 Å². The van der Waals surface area contributed by atoms with Crippen LogP contribution in [-0.2, 0) is 10.5 Å². The molecular formula is C24H24N4O3S. The van der Waals surface area contributed by atoms with Crippen LogP contribution in [0.3, 0.4) is 0 Å². The number of rotatable bonds is 8. The number of para-hydroxylation sites is 1. The van der Waals surface area contributed by atoms with Crippen LogP contribution in [0, 0.1) is 0 Å². The van der Waals surface area contributed by atoms with Gasteiger partial charge in [0.1, 0.15) is 11.3 Å². The zero-order chi connectivity index (χ0) is 22.5. The van der Waals surface area contributed by atoms with E-state index in [1.165, 1.54) is 23.6 Å². The SMILES string of the molecule is CCOC(=O)c1ccoc1CSc1nnc(-c2cccnc2)n1-c1ccccc1C(C)C. The number of hydrogen-bond donors (Lipinski definition) is 0. The molecule has 0 amide bonds. The van der Waals surface area contributed by atoms with Gasteiger partial charge in [0.2, 0.25) is 0 Å². The van der Waals surface area contributed by atoms with Gasteiger partial charge in [-0.25, -0.2) is 4.79 Å². The van der Waals surface area contributed by atoms with Gasteiger partial charge in [-0.05, 0) is 42.7 Å². The smallest absolute Gasteiger partial charge is 0.341 e. The molecule has 7 nitrogen and oxygen atoms in total. The third-order valence-corrected chi connectivity index (χ3v) is 5.85. The van der Waals surface area contributed by atoms with Gasteiger partial charge in [0.15, 0.2) is 11.0 Å². The Morgan fingerprint density at radius 1 is 1.16 bits per heavy atom. The Balaban J connectivity index is 1.74. The lowest BCUT2D eigenvalue weighted by molar-refractivity contribution is 0.0524. The number of benzene rings is 1. The fourth-order valence-electron chi connectivity index (χ4n) is 3.42. The van der Waals surface area contributed by atoms with Crippen molar-refractivity contribution in [3.63, 3.8) is 0 Å². The van der Waals surface area contributed by atoms with Crippen molar-refractivity contribution < 1.29 is 13.9 Å². The van der Waals surface area contributed by atoms with Gasteiger partial charge < -0.3 is 9.15 Å². The Labute approximate surface area is 190 Å². The molecule has 164 valence electrons. The Morgan fingerprint density at radius 3 is 2.75 bits per heavy atom. The molecule has 1 aromatic carbocycles. The molecule has 0 unspecified atom stereocenters. The first-order valence-corrected chi connectivity index (χ1v) is 11.4. The van der Waals surface area contributed by atoms with Crippen molar-refractivity contribution in [2.45, 2.75) is 37.6 Å². The number of ether oxygens (including phenoxy) is 1. The fourth-order valence-corrected chi connectivity index (χ4v) is 4.31. The normalized spacial score (nSPS) is 11.1. The van der Waals surface area contributed by atoms with Crippen molar-refractivity contribution in [1.82, 2.24) is 19.7 Å². The molecule has 0 aliphatic carbocycles. The third-order valence-electron chi connectivity index (χ3n) is 4.93. The van der Waals surface area contributed by atoms with Gasteiger partial charge in [0.05, 0.1) is 24.3 Å². The average Bonchev–Trinajstić information content (AvgIpc) is 3.45. The maximum absolute atomic E-state index is 12.2. The van der Waals surface area contributed by atoms with Crippen molar-refractivity contribution in [2.75, 3.05) is 6.61 Å². The second kappa shape index (κ2) is 9.82. The van der Waals surface area contributed by atoms with E-state index in [0.717, 1.165) is 11.3 Å². The molecule has 4 aromatic rings. The summed E-state index contributed by atoms with van der Waals surface area (Å²) in [6, 6.07) is 13.7. The van der Waals surface area contributed by atoms with Crippen molar-refractivity contribution in [3.05, 3.63) is 78.0 Å². The highest BCUT2D eigenvalue weighted by Gasteiger charge is 2.22. The minimum Gasteiger partial charge on any atom is -0.468 e. The van der Waals surface area contributed by atoms with E-state index in [2.05, 4.69) is 41.2 Å². The predicted octanol–water partition coefficient (Wildman–Crippen LogP) is 5.51. The summed E-state index contributed by atoms with van der Waals surface area (Å²) < 4.78 is 12.7. The van der Waals surface area contributed by atoms with Crippen LogP contribution >= 0.6 is 11.8 Å². The van der Waals surface area contributed by atoms with Gasteiger partial charge in [-0.3, -0.25) is 9.55 Å². The quantitative estimate of drug-likeness (QED) is 0.259. The van der Waals surface area contributed by atoms with Crippen molar-refractivity contribution in [3.8, 4) is 17.1 Å². The molecule has 0 aliphatic heterocycles. The average molecular weight is 449 g/mol. The lowest BCUT2D eigenvalue weighted by atomic mass is 10.0. The molecule has 3 heterocycles. The van der Waals surface area contributed by atoms with Gasteiger partial charge >= 0.3 is 5.97 Å². The highest BCUT2D eigenvalue weighted by atomic mass is 32.2. The van der Waals surface area contributed by atoms with Crippen molar-refractivity contribution in [2.24, 2.45) is 0 Å². The maximum atomic E-state index is 12.2. The monoisotopic (exact) mass is 448 g/mol. The standard InChI is InChI=1S/C24H24N4O3S/c1-4-30-23(29)19-11-13-31-21(19)15-32-24-27-26-22(17-8-7-12-25-14-17)28(24)20-10-6-5-9-18(20)16(2)3/h5-14,16H,4,15H2,1-3H3. The minimum atomic E-state index is -0.389. The van der Waals surface area contributed by atoms with E-state index in [0.29, 0.717) is 40.6 Å². The first-order valence-electron chi connectivity index (χ1n) is 10.4. The number of pyridine rings is 1. The van der Waals surface area contributed by atoms with Crippen LogP contribution in [0.15, 0.2) is 70.7 Å². The molecule has 0 radical (unpaired) electrons. The Hall–Kier alpha value is -3.39. The van der Waals surface area contributed by atoms with Gasteiger partial charge in [-0.1, -0.05) is 43.8 Å². The van der Waals surface area contributed by atoms with E-state index < -0.39 is 0 Å². The van der Waals surface area contributed by atoms with E-state index >= 15 is 0 Å². The van der Waals surface area contributed by atoms with E-state index in [1.807, 2.05) is 28.8 Å². The van der Waals surface area contributed by atoms with Crippen molar-refractivity contribution in [1.29, 1.82) is 0 Å². The summed E-state index contributed by atoms with van der Waals surface area (Å²) in [6.07, 6.45) is 5.01. The number of esters is 1. The van der Waals surface area contributed by atoms with Gasteiger partial charge in [0, 0.05) is 18.0 Å². The summed E-state index contributed by atoms with van der Waals surface area (Å²) in [5, 5.41) is 9.65. The molecule has 0 aliphatic rings. The van der Waals surface area contributed by atoms with Gasteiger partial charge in [0.25, 0.3) is 0 Å². The molecule has 0 spiro atoms. The number of carbonyl (C=O) groups is 1. The lowest BCUT2D eigenvalue weighted by Gasteiger charge is -2.16. The largest absolute Gasteiger partial charge is 0.468 e. The highest BCUT2D eigenvalue weighted by molar-refractivity contribution is 7.98.